The van der Waals surface area contributed by atoms with Crippen LogP contribution in [0, 0.1) is 23.0 Å². The smallest absolute Gasteiger partial charge is 0.190 e. The lowest BCUT2D eigenvalue weighted by Gasteiger charge is -2.08. The van der Waals surface area contributed by atoms with E-state index in [4.69, 9.17) is 10.00 Å². The van der Waals surface area contributed by atoms with Gasteiger partial charge in [0.05, 0.1) is 12.7 Å². The Balaban J connectivity index is 2.56. The molecule has 1 rings (SSSR count). The molecule has 92 valence electrons. The van der Waals surface area contributed by atoms with Gasteiger partial charge in [-0.25, -0.2) is 8.78 Å². The van der Waals surface area contributed by atoms with E-state index in [0.29, 0.717) is 30.2 Å². The Labute approximate surface area is 107 Å². The monoisotopic (exact) mass is 303 g/mol. The molecule has 0 radical (unpaired) electrons. The molecule has 0 saturated heterocycles. The van der Waals surface area contributed by atoms with E-state index in [1.54, 1.807) is 0 Å². The van der Waals surface area contributed by atoms with Gasteiger partial charge in [0.2, 0.25) is 0 Å². The molecular formula is C12H12BrF2NO. The number of rotatable bonds is 6. The van der Waals surface area contributed by atoms with Crippen LogP contribution in [0.1, 0.15) is 24.8 Å². The summed E-state index contributed by atoms with van der Waals surface area (Å²) in [5.74, 6) is -1.73. The fourth-order valence-electron chi connectivity index (χ4n) is 1.31. The van der Waals surface area contributed by atoms with E-state index < -0.39 is 11.6 Å². The highest BCUT2D eigenvalue weighted by Crippen LogP contribution is 2.24. The van der Waals surface area contributed by atoms with E-state index in [2.05, 4.69) is 15.9 Å². The molecule has 0 N–H and O–H groups in total. The van der Waals surface area contributed by atoms with E-state index in [1.165, 1.54) is 12.1 Å². The van der Waals surface area contributed by atoms with Crippen molar-refractivity contribution < 1.29 is 13.5 Å². The van der Waals surface area contributed by atoms with Gasteiger partial charge in [0.1, 0.15) is 0 Å². The molecule has 0 aliphatic heterocycles. The standard InChI is InChI=1S/C12H12BrF2NO/c13-8-9-6-10(14)12(11(15)7-9)17-5-3-1-2-4-16/h6-7H,1-3,5,8H2. The highest BCUT2D eigenvalue weighted by molar-refractivity contribution is 9.08. The molecule has 1 aromatic carbocycles. The molecule has 0 bridgehead atoms. The molecule has 0 aliphatic rings. The summed E-state index contributed by atoms with van der Waals surface area (Å²) in [6, 6.07) is 4.47. The SMILES string of the molecule is N#CCCCCOc1c(F)cc(CBr)cc1F. The van der Waals surface area contributed by atoms with Crippen molar-refractivity contribution in [1.82, 2.24) is 0 Å². The Bertz CT molecular complexity index is 394. The Morgan fingerprint density at radius 1 is 1.24 bits per heavy atom. The fraction of sp³-hybridized carbons (Fsp3) is 0.417. The van der Waals surface area contributed by atoms with Crippen LogP contribution in [0.25, 0.3) is 0 Å². The lowest BCUT2D eigenvalue weighted by molar-refractivity contribution is 0.277. The third-order valence-electron chi connectivity index (χ3n) is 2.14. The molecule has 0 heterocycles. The van der Waals surface area contributed by atoms with Gasteiger partial charge in [-0.15, -0.1) is 0 Å². The average Bonchev–Trinajstić information content (AvgIpc) is 2.31. The van der Waals surface area contributed by atoms with Gasteiger partial charge in [0.25, 0.3) is 0 Å². The first kappa shape index (κ1) is 13.9. The third kappa shape index (κ3) is 4.31. The number of nitrogens with zero attached hydrogens (tertiary/aromatic N) is 1. The summed E-state index contributed by atoms with van der Waals surface area (Å²) < 4.78 is 31.9. The van der Waals surface area contributed by atoms with Crippen LogP contribution < -0.4 is 4.74 Å². The van der Waals surface area contributed by atoms with Crippen LogP contribution in [-0.4, -0.2) is 6.61 Å². The van der Waals surface area contributed by atoms with Crippen molar-refractivity contribution in [3.05, 3.63) is 29.3 Å². The number of nitriles is 1. The van der Waals surface area contributed by atoms with Crippen LogP contribution in [-0.2, 0) is 5.33 Å². The minimum Gasteiger partial charge on any atom is -0.488 e. The van der Waals surface area contributed by atoms with Gasteiger partial charge in [-0.3, -0.25) is 0 Å². The lowest BCUT2D eigenvalue weighted by atomic mass is 10.2. The zero-order valence-electron chi connectivity index (χ0n) is 9.18. The van der Waals surface area contributed by atoms with Crippen molar-refractivity contribution in [3.63, 3.8) is 0 Å². The van der Waals surface area contributed by atoms with Crippen molar-refractivity contribution in [2.45, 2.75) is 24.6 Å². The van der Waals surface area contributed by atoms with Gasteiger partial charge in [0.15, 0.2) is 17.4 Å². The van der Waals surface area contributed by atoms with Crippen molar-refractivity contribution in [2.75, 3.05) is 6.61 Å². The molecule has 0 fully saturated rings. The summed E-state index contributed by atoms with van der Waals surface area (Å²) in [5.41, 5.74) is 0.525. The molecule has 5 heteroatoms. The fourth-order valence-corrected chi connectivity index (χ4v) is 1.63. The second-order valence-electron chi connectivity index (χ2n) is 3.49. The zero-order chi connectivity index (χ0) is 12.7. The molecule has 0 spiro atoms. The third-order valence-corrected chi connectivity index (χ3v) is 2.79. The van der Waals surface area contributed by atoms with Crippen molar-refractivity contribution >= 4 is 15.9 Å². The second-order valence-corrected chi connectivity index (χ2v) is 4.05. The van der Waals surface area contributed by atoms with Crippen LogP contribution >= 0.6 is 15.9 Å². The largest absolute Gasteiger partial charge is 0.488 e. The van der Waals surface area contributed by atoms with Crippen LogP contribution in [0.4, 0.5) is 8.78 Å². The van der Waals surface area contributed by atoms with E-state index in [-0.39, 0.29) is 12.4 Å². The molecule has 17 heavy (non-hydrogen) atoms. The molecule has 1 aromatic rings. The van der Waals surface area contributed by atoms with E-state index in [0.717, 1.165) is 0 Å². The van der Waals surface area contributed by atoms with Crippen LogP contribution in [0.5, 0.6) is 5.75 Å². The maximum atomic E-state index is 13.4. The molecule has 0 aromatic heterocycles. The number of hydrogen-bond acceptors (Lipinski definition) is 2. The quantitative estimate of drug-likeness (QED) is 0.589. The Morgan fingerprint density at radius 2 is 1.88 bits per heavy atom. The molecule has 0 atom stereocenters. The van der Waals surface area contributed by atoms with Crippen molar-refractivity contribution in [2.24, 2.45) is 0 Å². The molecular weight excluding hydrogens is 292 g/mol. The summed E-state index contributed by atoms with van der Waals surface area (Å²) in [6.45, 7) is 0.211. The first-order chi connectivity index (χ1) is 8.19. The van der Waals surface area contributed by atoms with Gasteiger partial charge in [0, 0.05) is 11.8 Å². The van der Waals surface area contributed by atoms with Crippen molar-refractivity contribution in [3.8, 4) is 11.8 Å². The number of halogens is 3. The Kier molecular flexibility index (Phi) is 5.92. The molecule has 0 aliphatic carbocycles. The summed E-state index contributed by atoms with van der Waals surface area (Å²) in [7, 11) is 0. The van der Waals surface area contributed by atoms with Gasteiger partial charge in [-0.1, -0.05) is 15.9 Å². The summed E-state index contributed by atoms with van der Waals surface area (Å²) in [4.78, 5) is 0. The summed E-state index contributed by atoms with van der Waals surface area (Å²) in [5, 5.41) is 8.71. The predicted octanol–water partition coefficient (Wildman–Crippen LogP) is 3.93. The van der Waals surface area contributed by atoms with E-state index in [9.17, 15) is 8.78 Å². The average molecular weight is 304 g/mol. The van der Waals surface area contributed by atoms with Gasteiger partial charge >= 0.3 is 0 Å². The maximum absolute atomic E-state index is 13.4. The minimum absolute atomic E-state index is 0.211. The normalized spacial score (nSPS) is 10.0. The number of hydrogen-bond donors (Lipinski definition) is 0. The van der Waals surface area contributed by atoms with Gasteiger partial charge in [-0.2, -0.15) is 5.26 Å². The molecule has 0 saturated carbocycles. The highest BCUT2D eigenvalue weighted by atomic mass is 79.9. The van der Waals surface area contributed by atoms with Crippen molar-refractivity contribution in [1.29, 1.82) is 5.26 Å². The van der Waals surface area contributed by atoms with Crippen LogP contribution in [0.3, 0.4) is 0 Å². The predicted molar refractivity (Wildman–Crippen MR) is 63.9 cm³/mol. The topological polar surface area (TPSA) is 33.0 Å². The Morgan fingerprint density at radius 3 is 2.41 bits per heavy atom. The number of alkyl halides is 1. The van der Waals surface area contributed by atoms with Gasteiger partial charge < -0.3 is 4.74 Å². The Hall–Kier alpha value is -1.15. The number of benzene rings is 1. The number of ether oxygens (including phenoxy) is 1. The van der Waals surface area contributed by atoms with E-state index >= 15 is 0 Å². The molecule has 0 unspecified atom stereocenters. The minimum atomic E-state index is -0.695. The van der Waals surface area contributed by atoms with Crippen LogP contribution in [0.2, 0.25) is 0 Å². The molecule has 0 amide bonds. The maximum Gasteiger partial charge on any atom is 0.190 e. The lowest BCUT2D eigenvalue weighted by Crippen LogP contribution is -2.02. The van der Waals surface area contributed by atoms with Crippen LogP contribution in [0.15, 0.2) is 12.1 Å². The molecule has 2 nitrogen and oxygen atoms in total. The highest BCUT2D eigenvalue weighted by Gasteiger charge is 2.12. The second kappa shape index (κ2) is 7.23. The summed E-state index contributed by atoms with van der Waals surface area (Å²) >= 11 is 3.13. The number of unbranched alkanes of at least 4 members (excludes halogenated alkanes) is 2. The van der Waals surface area contributed by atoms with Gasteiger partial charge in [-0.05, 0) is 30.5 Å². The summed E-state index contributed by atoms with van der Waals surface area (Å²) in [6.07, 6.45) is 1.70. The zero-order valence-corrected chi connectivity index (χ0v) is 10.8. The first-order valence-electron chi connectivity index (χ1n) is 5.22. The van der Waals surface area contributed by atoms with E-state index in [1.807, 2.05) is 6.07 Å². The first-order valence-corrected chi connectivity index (χ1v) is 6.34.